The van der Waals surface area contributed by atoms with Crippen LogP contribution in [0.2, 0.25) is 0 Å². The summed E-state index contributed by atoms with van der Waals surface area (Å²) >= 11 is 13.6. The quantitative estimate of drug-likeness (QED) is 0.331. The predicted molar refractivity (Wildman–Crippen MR) is 106 cm³/mol. The minimum absolute atomic E-state index is 0.110. The van der Waals surface area contributed by atoms with E-state index in [-0.39, 0.29) is 19.8 Å². The van der Waals surface area contributed by atoms with Crippen LogP contribution in [-0.2, 0) is 19.1 Å². The average Bonchev–Trinajstić information content (AvgIpc) is 3.04. The molecule has 0 radical (unpaired) electrons. The van der Waals surface area contributed by atoms with Crippen LogP contribution in [-0.4, -0.2) is 31.1 Å². The summed E-state index contributed by atoms with van der Waals surface area (Å²) in [5, 5.41) is 3.16. The van der Waals surface area contributed by atoms with Gasteiger partial charge in [0.25, 0.3) is 0 Å². The lowest BCUT2D eigenvalue weighted by molar-refractivity contribution is -0.138. The molecule has 0 spiro atoms. The molecule has 0 unspecified atom stereocenters. The molecule has 0 bridgehead atoms. The third-order valence-corrected chi connectivity index (χ3v) is 6.44. The second-order valence-corrected chi connectivity index (χ2v) is 7.61. The Bertz CT molecular complexity index is 778. The monoisotopic (exact) mass is 416 g/mol. The van der Waals surface area contributed by atoms with E-state index in [9.17, 15) is 9.59 Å². The fourth-order valence-electron chi connectivity index (χ4n) is 1.74. The number of hydrogen-bond acceptors (Lipinski definition) is 8. The van der Waals surface area contributed by atoms with Gasteiger partial charge in [-0.2, -0.15) is 0 Å². The van der Waals surface area contributed by atoms with Crippen molar-refractivity contribution in [3.05, 3.63) is 43.3 Å². The van der Waals surface area contributed by atoms with Crippen LogP contribution in [0, 0.1) is 0 Å². The molecule has 1 aromatic rings. The van der Waals surface area contributed by atoms with E-state index >= 15 is 0 Å². The van der Waals surface area contributed by atoms with E-state index in [0.717, 1.165) is 23.5 Å². The SMILES string of the molecule is COC(=O)C1=C(C(=O)OC)SC(=C(Cl)C(=S)Nc2cccc(N)c2)S1. The number of nitrogens with one attached hydrogen (secondary N) is 1. The number of halogens is 1. The molecule has 25 heavy (non-hydrogen) atoms. The molecule has 0 amide bonds. The number of anilines is 2. The van der Waals surface area contributed by atoms with Gasteiger partial charge in [0.2, 0.25) is 0 Å². The van der Waals surface area contributed by atoms with Gasteiger partial charge >= 0.3 is 11.9 Å². The summed E-state index contributed by atoms with van der Waals surface area (Å²) < 4.78 is 9.86. The van der Waals surface area contributed by atoms with E-state index in [0.29, 0.717) is 15.6 Å². The molecule has 10 heteroatoms. The molecule has 0 saturated carbocycles. The number of thioether (sulfide) groups is 2. The molecular weight excluding hydrogens is 404 g/mol. The maximum atomic E-state index is 11.9. The second-order valence-electron chi connectivity index (χ2n) is 4.53. The molecule has 3 N–H and O–H groups in total. The number of rotatable bonds is 4. The highest BCUT2D eigenvalue weighted by Gasteiger charge is 2.34. The molecule has 0 aromatic heterocycles. The van der Waals surface area contributed by atoms with Gasteiger partial charge in [0, 0.05) is 11.4 Å². The first-order valence-corrected chi connectivity index (χ1v) is 9.12. The maximum absolute atomic E-state index is 11.9. The van der Waals surface area contributed by atoms with Crippen molar-refractivity contribution in [2.24, 2.45) is 0 Å². The Kier molecular flexibility index (Phi) is 6.77. The standard InChI is InChI=1S/C15H13ClN2O4S3/c1-21-13(19)10-11(14(20)22-2)25-15(24-10)9(16)12(23)18-8-5-3-4-7(17)6-8/h3-6H,17H2,1-2H3,(H,18,23). The van der Waals surface area contributed by atoms with Crippen LogP contribution < -0.4 is 11.1 Å². The van der Waals surface area contributed by atoms with E-state index in [2.05, 4.69) is 14.8 Å². The number of nitrogen functional groups attached to an aromatic ring is 1. The van der Waals surface area contributed by atoms with E-state index in [1.165, 1.54) is 14.2 Å². The van der Waals surface area contributed by atoms with Crippen molar-refractivity contribution in [2.75, 3.05) is 25.3 Å². The summed E-state index contributed by atoms with van der Waals surface area (Å²) in [6.07, 6.45) is 0. The van der Waals surface area contributed by atoms with Crippen LogP contribution in [0.1, 0.15) is 0 Å². The highest BCUT2D eigenvalue weighted by atomic mass is 35.5. The number of carbonyl (C=O) groups is 2. The Morgan fingerprint density at radius 2 is 1.72 bits per heavy atom. The molecule has 1 heterocycles. The Morgan fingerprint density at radius 1 is 1.16 bits per heavy atom. The summed E-state index contributed by atoms with van der Waals surface area (Å²) in [7, 11) is 2.45. The molecule has 0 saturated heterocycles. The lowest BCUT2D eigenvalue weighted by Gasteiger charge is -2.09. The number of thiocarbonyl (C=S) groups is 1. The van der Waals surface area contributed by atoms with Crippen molar-refractivity contribution in [3.63, 3.8) is 0 Å². The lowest BCUT2D eigenvalue weighted by atomic mass is 10.3. The Hall–Kier alpha value is -1.68. The first-order valence-electron chi connectivity index (χ1n) is 6.70. The van der Waals surface area contributed by atoms with E-state index in [4.69, 9.17) is 29.6 Å². The zero-order valence-electron chi connectivity index (χ0n) is 13.1. The normalized spacial score (nSPS) is 13.5. The van der Waals surface area contributed by atoms with Crippen molar-refractivity contribution in [3.8, 4) is 0 Å². The minimum atomic E-state index is -0.646. The highest BCUT2D eigenvalue weighted by molar-refractivity contribution is 8.29. The first-order chi connectivity index (χ1) is 11.9. The van der Waals surface area contributed by atoms with Crippen LogP contribution in [0.4, 0.5) is 11.4 Å². The number of hydrogen-bond donors (Lipinski definition) is 2. The molecule has 0 fully saturated rings. The maximum Gasteiger partial charge on any atom is 0.346 e. The van der Waals surface area contributed by atoms with E-state index in [1.807, 2.05) is 0 Å². The molecule has 1 aromatic carbocycles. The van der Waals surface area contributed by atoms with Gasteiger partial charge in [0.05, 0.1) is 23.5 Å². The first kappa shape index (κ1) is 19.6. The number of methoxy groups -OCH3 is 2. The van der Waals surface area contributed by atoms with Crippen molar-refractivity contribution in [2.45, 2.75) is 0 Å². The van der Waals surface area contributed by atoms with Gasteiger partial charge in [-0.05, 0) is 18.2 Å². The molecule has 1 aliphatic heterocycles. The molecule has 1 aliphatic rings. The topological polar surface area (TPSA) is 90.7 Å². The third-order valence-electron chi connectivity index (χ3n) is 2.86. The Balaban J connectivity index is 2.24. The molecule has 132 valence electrons. The summed E-state index contributed by atoms with van der Waals surface area (Å²) in [5.74, 6) is -1.29. The average molecular weight is 417 g/mol. The van der Waals surface area contributed by atoms with Crippen molar-refractivity contribution < 1.29 is 19.1 Å². The van der Waals surface area contributed by atoms with Gasteiger partial charge < -0.3 is 20.5 Å². The highest BCUT2D eigenvalue weighted by Crippen LogP contribution is 2.52. The molecule has 0 atom stereocenters. The van der Waals surface area contributed by atoms with Gasteiger partial charge in [0.1, 0.15) is 14.8 Å². The fourth-order valence-corrected chi connectivity index (χ4v) is 4.72. The zero-order chi connectivity index (χ0) is 18.6. The summed E-state index contributed by atoms with van der Waals surface area (Å²) in [6, 6.07) is 7.00. The Labute approximate surface area is 163 Å². The minimum Gasteiger partial charge on any atom is -0.465 e. The van der Waals surface area contributed by atoms with Gasteiger partial charge in [-0.15, -0.1) is 0 Å². The summed E-state index contributed by atoms with van der Waals surface area (Å²) in [6.45, 7) is 0. The number of ether oxygens (including phenoxy) is 2. The molecule has 0 aliphatic carbocycles. The van der Waals surface area contributed by atoms with Crippen LogP contribution >= 0.6 is 47.3 Å². The van der Waals surface area contributed by atoms with Gasteiger partial charge in [-0.25, -0.2) is 9.59 Å². The zero-order valence-corrected chi connectivity index (χ0v) is 16.3. The van der Waals surface area contributed by atoms with E-state index in [1.54, 1.807) is 24.3 Å². The number of carbonyl (C=O) groups excluding carboxylic acids is 2. The Morgan fingerprint density at radius 3 is 2.20 bits per heavy atom. The number of benzene rings is 1. The lowest BCUT2D eigenvalue weighted by Crippen LogP contribution is -2.10. The predicted octanol–water partition coefficient (Wildman–Crippen LogP) is 3.45. The molecule has 2 rings (SSSR count). The van der Waals surface area contributed by atoms with Crippen molar-refractivity contribution >= 4 is 75.6 Å². The fraction of sp³-hybridized carbons (Fsp3) is 0.133. The number of esters is 2. The third kappa shape index (κ3) is 4.69. The summed E-state index contributed by atoms with van der Waals surface area (Å²) in [5.41, 5.74) is 6.97. The van der Waals surface area contributed by atoms with Crippen molar-refractivity contribution in [1.82, 2.24) is 0 Å². The summed E-state index contributed by atoms with van der Waals surface area (Å²) in [4.78, 5) is 24.2. The van der Waals surface area contributed by atoms with Crippen LogP contribution in [0.5, 0.6) is 0 Å². The van der Waals surface area contributed by atoms with Gasteiger partial charge in [0.15, 0.2) is 0 Å². The van der Waals surface area contributed by atoms with Gasteiger partial charge in [-0.1, -0.05) is 53.4 Å². The van der Waals surface area contributed by atoms with Crippen LogP contribution in [0.3, 0.4) is 0 Å². The van der Waals surface area contributed by atoms with Crippen molar-refractivity contribution in [1.29, 1.82) is 0 Å². The largest absolute Gasteiger partial charge is 0.465 e. The molecular formula is C15H13ClN2O4S3. The molecule has 6 nitrogen and oxygen atoms in total. The number of nitrogens with two attached hydrogens (primary N) is 1. The smallest absolute Gasteiger partial charge is 0.346 e. The van der Waals surface area contributed by atoms with Crippen LogP contribution in [0.15, 0.2) is 43.3 Å². The van der Waals surface area contributed by atoms with Gasteiger partial charge in [-0.3, -0.25) is 0 Å². The van der Waals surface area contributed by atoms with Crippen LogP contribution in [0.25, 0.3) is 0 Å². The van der Waals surface area contributed by atoms with E-state index < -0.39 is 11.9 Å². The second kappa shape index (κ2) is 8.61.